The molecular formula is C13H23N3O2S2. The van der Waals surface area contributed by atoms with Crippen molar-refractivity contribution in [2.45, 2.75) is 31.2 Å². The van der Waals surface area contributed by atoms with Crippen LogP contribution in [0.4, 0.5) is 0 Å². The number of aromatic amines is 1. The van der Waals surface area contributed by atoms with Crippen LogP contribution in [0.5, 0.6) is 0 Å². The summed E-state index contributed by atoms with van der Waals surface area (Å²) < 4.78 is 27.1. The molecule has 0 aromatic carbocycles. The third-order valence-corrected chi connectivity index (χ3v) is 5.95. The SMILES string of the molecule is CCNCc1cc(S(=O)(=O)NCC2CCSCC2)c[nH]1. The Morgan fingerprint density at radius 2 is 2.15 bits per heavy atom. The molecule has 0 radical (unpaired) electrons. The Morgan fingerprint density at radius 3 is 2.85 bits per heavy atom. The zero-order valence-corrected chi connectivity index (χ0v) is 13.4. The highest BCUT2D eigenvalue weighted by Gasteiger charge is 2.19. The van der Waals surface area contributed by atoms with Gasteiger partial charge in [-0.2, -0.15) is 11.8 Å². The molecule has 114 valence electrons. The fourth-order valence-electron chi connectivity index (χ4n) is 2.20. The van der Waals surface area contributed by atoms with E-state index in [0.717, 1.165) is 36.6 Å². The van der Waals surface area contributed by atoms with E-state index < -0.39 is 10.0 Å². The van der Waals surface area contributed by atoms with Crippen molar-refractivity contribution in [3.05, 3.63) is 18.0 Å². The lowest BCUT2D eigenvalue weighted by atomic mass is 10.0. The minimum absolute atomic E-state index is 0.329. The molecule has 1 aliphatic heterocycles. The highest BCUT2D eigenvalue weighted by Crippen LogP contribution is 2.22. The summed E-state index contributed by atoms with van der Waals surface area (Å²) in [6.45, 7) is 4.09. The van der Waals surface area contributed by atoms with Crippen LogP contribution < -0.4 is 10.0 Å². The molecule has 2 rings (SSSR count). The molecule has 1 aromatic heterocycles. The van der Waals surface area contributed by atoms with Gasteiger partial charge in [-0.25, -0.2) is 13.1 Å². The quantitative estimate of drug-likeness (QED) is 0.713. The van der Waals surface area contributed by atoms with Gasteiger partial charge in [0.2, 0.25) is 10.0 Å². The molecule has 7 heteroatoms. The minimum atomic E-state index is -3.38. The molecule has 0 aliphatic carbocycles. The summed E-state index contributed by atoms with van der Waals surface area (Å²) >= 11 is 1.95. The predicted molar refractivity (Wildman–Crippen MR) is 83.4 cm³/mol. The van der Waals surface area contributed by atoms with Crippen LogP contribution in [0.1, 0.15) is 25.5 Å². The van der Waals surface area contributed by atoms with E-state index in [2.05, 4.69) is 15.0 Å². The number of hydrogen-bond donors (Lipinski definition) is 3. The van der Waals surface area contributed by atoms with Crippen LogP contribution in [0.15, 0.2) is 17.2 Å². The fourth-order valence-corrected chi connectivity index (χ4v) is 4.53. The van der Waals surface area contributed by atoms with Crippen LogP contribution in [0.25, 0.3) is 0 Å². The Hall–Kier alpha value is -0.500. The molecule has 0 atom stereocenters. The van der Waals surface area contributed by atoms with Crippen LogP contribution >= 0.6 is 11.8 Å². The molecule has 1 saturated heterocycles. The maximum absolute atomic E-state index is 12.2. The molecule has 1 fully saturated rings. The standard InChI is InChI=1S/C13H23N3O2S2/c1-2-14-9-12-7-13(10-15-12)20(17,18)16-8-11-3-5-19-6-4-11/h7,10-11,14-16H,2-6,8-9H2,1H3. The van der Waals surface area contributed by atoms with Crippen LogP contribution in [-0.2, 0) is 16.6 Å². The Morgan fingerprint density at radius 1 is 1.40 bits per heavy atom. The number of hydrogen-bond acceptors (Lipinski definition) is 4. The van der Waals surface area contributed by atoms with E-state index in [9.17, 15) is 8.42 Å². The third kappa shape index (κ3) is 4.51. The third-order valence-electron chi connectivity index (χ3n) is 3.49. The van der Waals surface area contributed by atoms with E-state index in [-0.39, 0.29) is 0 Å². The van der Waals surface area contributed by atoms with Crippen LogP contribution in [0, 0.1) is 5.92 Å². The number of aromatic nitrogens is 1. The van der Waals surface area contributed by atoms with E-state index in [1.807, 2.05) is 18.7 Å². The largest absolute Gasteiger partial charge is 0.363 e. The Bertz CT molecular complexity index is 507. The van der Waals surface area contributed by atoms with Crippen molar-refractivity contribution in [1.82, 2.24) is 15.0 Å². The first-order valence-corrected chi connectivity index (χ1v) is 9.71. The predicted octanol–water partition coefficient (Wildman–Crippen LogP) is 1.55. The van der Waals surface area contributed by atoms with Crippen LogP contribution in [0.2, 0.25) is 0 Å². The molecule has 5 nitrogen and oxygen atoms in total. The number of H-pyrrole nitrogens is 1. The topological polar surface area (TPSA) is 74.0 Å². The molecule has 0 bridgehead atoms. The van der Waals surface area contributed by atoms with Gasteiger partial charge in [0.05, 0.1) is 4.90 Å². The molecule has 20 heavy (non-hydrogen) atoms. The summed E-state index contributed by atoms with van der Waals surface area (Å²) in [5, 5.41) is 3.16. The van der Waals surface area contributed by atoms with Crippen molar-refractivity contribution < 1.29 is 8.42 Å². The number of sulfonamides is 1. The maximum atomic E-state index is 12.2. The molecule has 0 amide bonds. The van der Waals surface area contributed by atoms with Crippen molar-refractivity contribution in [2.75, 3.05) is 24.6 Å². The summed E-state index contributed by atoms with van der Waals surface area (Å²) in [7, 11) is -3.38. The zero-order valence-electron chi connectivity index (χ0n) is 11.8. The molecular weight excluding hydrogens is 294 g/mol. The van der Waals surface area contributed by atoms with Gasteiger partial charge in [0.1, 0.15) is 0 Å². The first-order valence-electron chi connectivity index (χ1n) is 7.07. The van der Waals surface area contributed by atoms with Crippen molar-refractivity contribution in [3.63, 3.8) is 0 Å². The number of rotatable bonds is 7. The molecule has 2 heterocycles. The van der Waals surface area contributed by atoms with E-state index >= 15 is 0 Å². The Kier molecular flexibility index (Phi) is 5.95. The van der Waals surface area contributed by atoms with Crippen LogP contribution in [-0.4, -0.2) is 38.0 Å². The van der Waals surface area contributed by atoms with Gasteiger partial charge < -0.3 is 10.3 Å². The average molecular weight is 317 g/mol. The van der Waals surface area contributed by atoms with E-state index in [4.69, 9.17) is 0 Å². The second-order valence-electron chi connectivity index (χ2n) is 5.05. The number of nitrogens with one attached hydrogen (secondary N) is 3. The summed E-state index contributed by atoms with van der Waals surface area (Å²) in [5.74, 6) is 2.76. The monoisotopic (exact) mass is 317 g/mol. The van der Waals surface area contributed by atoms with Crippen molar-refractivity contribution in [2.24, 2.45) is 5.92 Å². The highest BCUT2D eigenvalue weighted by atomic mass is 32.2. The molecule has 1 aliphatic rings. The summed E-state index contributed by atoms with van der Waals surface area (Å²) in [4.78, 5) is 3.33. The van der Waals surface area contributed by atoms with Crippen LogP contribution in [0.3, 0.4) is 0 Å². The van der Waals surface area contributed by atoms with Gasteiger partial charge in [0, 0.05) is 25.0 Å². The maximum Gasteiger partial charge on any atom is 0.242 e. The van der Waals surface area contributed by atoms with Gasteiger partial charge in [-0.3, -0.25) is 0 Å². The van der Waals surface area contributed by atoms with Gasteiger partial charge in [0.25, 0.3) is 0 Å². The van der Waals surface area contributed by atoms with Gasteiger partial charge in [-0.05, 0) is 42.9 Å². The smallest absolute Gasteiger partial charge is 0.242 e. The summed E-state index contributed by atoms with van der Waals surface area (Å²) in [6.07, 6.45) is 3.77. The second-order valence-corrected chi connectivity index (χ2v) is 8.04. The van der Waals surface area contributed by atoms with Gasteiger partial charge >= 0.3 is 0 Å². The highest BCUT2D eigenvalue weighted by molar-refractivity contribution is 7.99. The molecule has 0 saturated carbocycles. The van der Waals surface area contributed by atoms with Gasteiger partial charge in [-0.1, -0.05) is 6.92 Å². The van der Waals surface area contributed by atoms with Gasteiger partial charge in [0.15, 0.2) is 0 Å². The minimum Gasteiger partial charge on any atom is -0.363 e. The number of thioether (sulfide) groups is 1. The lowest BCUT2D eigenvalue weighted by molar-refractivity contribution is 0.476. The summed E-state index contributed by atoms with van der Waals surface area (Å²) in [5.41, 5.74) is 0.890. The molecule has 1 aromatic rings. The van der Waals surface area contributed by atoms with Crippen molar-refractivity contribution in [3.8, 4) is 0 Å². The van der Waals surface area contributed by atoms with E-state index in [0.29, 0.717) is 23.9 Å². The van der Waals surface area contributed by atoms with E-state index in [1.165, 1.54) is 0 Å². The first-order chi connectivity index (χ1) is 9.62. The van der Waals surface area contributed by atoms with Gasteiger partial charge in [-0.15, -0.1) is 0 Å². The molecule has 0 spiro atoms. The molecule has 3 N–H and O–H groups in total. The van der Waals surface area contributed by atoms with E-state index in [1.54, 1.807) is 12.3 Å². The fraction of sp³-hybridized carbons (Fsp3) is 0.692. The average Bonchev–Trinajstić information content (AvgIpc) is 2.94. The zero-order chi connectivity index (χ0) is 14.4. The second kappa shape index (κ2) is 7.49. The normalized spacial score (nSPS) is 17.4. The Balaban J connectivity index is 1.90. The summed E-state index contributed by atoms with van der Waals surface area (Å²) in [6, 6.07) is 1.70. The Labute approximate surface area is 125 Å². The lowest BCUT2D eigenvalue weighted by Crippen LogP contribution is -2.30. The first kappa shape index (κ1) is 15.9. The lowest BCUT2D eigenvalue weighted by Gasteiger charge is -2.21. The molecule has 0 unspecified atom stereocenters. The van der Waals surface area contributed by atoms with Crippen molar-refractivity contribution in [1.29, 1.82) is 0 Å². The van der Waals surface area contributed by atoms with Crippen molar-refractivity contribution >= 4 is 21.8 Å².